The molecule has 0 saturated carbocycles. The fourth-order valence-electron chi connectivity index (χ4n) is 2.60. The van der Waals surface area contributed by atoms with E-state index < -0.39 is 5.97 Å². The van der Waals surface area contributed by atoms with Crippen LogP contribution in [0.4, 0.5) is 0 Å². The van der Waals surface area contributed by atoms with Crippen molar-refractivity contribution in [2.75, 3.05) is 19.8 Å². The Morgan fingerprint density at radius 1 is 1.40 bits per heavy atom. The van der Waals surface area contributed by atoms with Crippen molar-refractivity contribution in [3.8, 4) is 0 Å². The number of morpholine rings is 1. The lowest BCUT2D eigenvalue weighted by molar-refractivity contribution is -0.140. The van der Waals surface area contributed by atoms with Gasteiger partial charge in [0.2, 0.25) is 0 Å². The highest BCUT2D eigenvalue weighted by atomic mass is 16.5. The molecule has 0 amide bonds. The van der Waals surface area contributed by atoms with Gasteiger partial charge in [0.15, 0.2) is 0 Å². The first-order valence-corrected chi connectivity index (χ1v) is 6.73. The smallest absolute Gasteiger partial charge is 0.305 e. The molecular formula is C15H17NO4. The van der Waals surface area contributed by atoms with Crippen molar-refractivity contribution in [3.05, 3.63) is 36.1 Å². The first-order valence-electron chi connectivity index (χ1n) is 6.73. The van der Waals surface area contributed by atoms with Crippen LogP contribution in [-0.2, 0) is 16.1 Å². The molecule has 5 heteroatoms. The maximum atomic E-state index is 10.9. The number of aliphatic carboxylic acids is 1. The van der Waals surface area contributed by atoms with E-state index >= 15 is 0 Å². The zero-order valence-electron chi connectivity index (χ0n) is 11.1. The molecular weight excluding hydrogens is 258 g/mol. The Morgan fingerprint density at radius 3 is 3.05 bits per heavy atom. The summed E-state index contributed by atoms with van der Waals surface area (Å²) in [7, 11) is 0. The number of hydrogen-bond donors (Lipinski definition) is 1. The maximum absolute atomic E-state index is 10.9. The van der Waals surface area contributed by atoms with Crippen molar-refractivity contribution in [1.82, 2.24) is 4.90 Å². The van der Waals surface area contributed by atoms with Crippen molar-refractivity contribution < 1.29 is 19.1 Å². The Bertz CT molecular complexity index is 574. The van der Waals surface area contributed by atoms with Crippen LogP contribution in [0.5, 0.6) is 0 Å². The van der Waals surface area contributed by atoms with Crippen molar-refractivity contribution in [2.24, 2.45) is 0 Å². The SMILES string of the molecule is O=C(O)C[C@H]1COCCN1Cc1cc2ccccc2o1. The highest BCUT2D eigenvalue weighted by Gasteiger charge is 2.26. The standard InChI is InChI=1S/C15H17NO4/c17-15(18)8-12-10-19-6-5-16(12)9-13-7-11-3-1-2-4-14(11)20-13/h1-4,7,12H,5-6,8-10H2,(H,17,18)/t12-/m0/s1. The van der Waals surface area contributed by atoms with Crippen LogP contribution in [0.15, 0.2) is 34.7 Å². The van der Waals surface area contributed by atoms with Crippen LogP contribution >= 0.6 is 0 Å². The van der Waals surface area contributed by atoms with Gasteiger partial charge in [-0.1, -0.05) is 18.2 Å². The molecule has 0 unspecified atom stereocenters. The first-order chi connectivity index (χ1) is 9.72. The number of carbonyl (C=O) groups is 1. The fraction of sp³-hybridized carbons (Fsp3) is 0.400. The molecule has 0 aliphatic carbocycles. The van der Waals surface area contributed by atoms with E-state index in [1.807, 2.05) is 30.3 Å². The molecule has 1 atom stereocenters. The van der Waals surface area contributed by atoms with Crippen LogP contribution in [-0.4, -0.2) is 41.8 Å². The zero-order chi connectivity index (χ0) is 13.9. The Kier molecular flexibility index (Phi) is 3.71. The minimum atomic E-state index is -0.796. The third-order valence-electron chi connectivity index (χ3n) is 3.60. The van der Waals surface area contributed by atoms with Gasteiger partial charge in [0.1, 0.15) is 11.3 Å². The van der Waals surface area contributed by atoms with Gasteiger partial charge in [0.25, 0.3) is 0 Å². The third-order valence-corrected chi connectivity index (χ3v) is 3.60. The Balaban J connectivity index is 1.75. The van der Waals surface area contributed by atoms with Gasteiger partial charge in [0, 0.05) is 18.0 Å². The summed E-state index contributed by atoms with van der Waals surface area (Å²) in [4.78, 5) is 13.0. The number of rotatable bonds is 4. The summed E-state index contributed by atoms with van der Waals surface area (Å²) in [6.07, 6.45) is 0.0974. The molecule has 1 saturated heterocycles. The van der Waals surface area contributed by atoms with Gasteiger partial charge in [-0.05, 0) is 12.1 Å². The average Bonchev–Trinajstić information content (AvgIpc) is 2.82. The van der Waals surface area contributed by atoms with Crippen molar-refractivity contribution in [1.29, 1.82) is 0 Å². The maximum Gasteiger partial charge on any atom is 0.305 e. The van der Waals surface area contributed by atoms with Gasteiger partial charge in [-0.25, -0.2) is 0 Å². The van der Waals surface area contributed by atoms with Crippen LogP contribution in [0.3, 0.4) is 0 Å². The van der Waals surface area contributed by atoms with Crippen LogP contribution < -0.4 is 0 Å². The van der Waals surface area contributed by atoms with E-state index in [9.17, 15) is 4.79 Å². The average molecular weight is 275 g/mol. The monoisotopic (exact) mass is 275 g/mol. The normalized spacial score (nSPS) is 20.3. The molecule has 5 nitrogen and oxygen atoms in total. The predicted octanol–water partition coefficient (Wildman–Crippen LogP) is 2.11. The van der Waals surface area contributed by atoms with E-state index in [0.717, 1.165) is 23.3 Å². The van der Waals surface area contributed by atoms with Gasteiger partial charge in [-0.2, -0.15) is 0 Å². The molecule has 1 aromatic heterocycles. The van der Waals surface area contributed by atoms with Crippen molar-refractivity contribution >= 4 is 16.9 Å². The molecule has 1 aliphatic rings. The summed E-state index contributed by atoms with van der Waals surface area (Å²) < 4.78 is 11.2. The number of benzene rings is 1. The van der Waals surface area contributed by atoms with Crippen molar-refractivity contribution in [3.63, 3.8) is 0 Å². The van der Waals surface area contributed by atoms with Crippen LogP contribution in [0.25, 0.3) is 11.0 Å². The second-order valence-electron chi connectivity index (χ2n) is 5.05. The topological polar surface area (TPSA) is 62.9 Å². The lowest BCUT2D eigenvalue weighted by Gasteiger charge is -2.34. The number of para-hydroxylation sites is 1. The molecule has 1 fully saturated rings. The molecule has 0 spiro atoms. The minimum absolute atomic E-state index is 0.0885. The van der Waals surface area contributed by atoms with Crippen LogP contribution in [0.1, 0.15) is 12.2 Å². The number of ether oxygens (including phenoxy) is 1. The fourth-order valence-corrected chi connectivity index (χ4v) is 2.60. The Morgan fingerprint density at radius 2 is 2.25 bits per heavy atom. The molecule has 2 aromatic rings. The molecule has 2 heterocycles. The van der Waals surface area contributed by atoms with Crippen molar-refractivity contribution in [2.45, 2.75) is 19.0 Å². The van der Waals surface area contributed by atoms with Gasteiger partial charge >= 0.3 is 5.97 Å². The van der Waals surface area contributed by atoms with E-state index in [0.29, 0.717) is 19.8 Å². The zero-order valence-corrected chi connectivity index (χ0v) is 11.1. The largest absolute Gasteiger partial charge is 0.481 e. The molecule has 1 N–H and O–H groups in total. The first kappa shape index (κ1) is 13.1. The quantitative estimate of drug-likeness (QED) is 0.926. The molecule has 106 valence electrons. The molecule has 3 rings (SSSR count). The molecule has 1 aromatic carbocycles. The van der Waals surface area contributed by atoms with E-state index in [2.05, 4.69) is 4.90 Å². The summed E-state index contributed by atoms with van der Waals surface area (Å²) >= 11 is 0. The summed E-state index contributed by atoms with van der Waals surface area (Å²) in [6.45, 7) is 2.45. The lowest BCUT2D eigenvalue weighted by Crippen LogP contribution is -2.45. The summed E-state index contributed by atoms with van der Waals surface area (Å²) in [6, 6.07) is 9.79. The van der Waals surface area contributed by atoms with Gasteiger partial charge in [0.05, 0.1) is 26.2 Å². The van der Waals surface area contributed by atoms with Gasteiger partial charge in [-0.3, -0.25) is 9.69 Å². The van der Waals surface area contributed by atoms with Crippen LogP contribution in [0, 0.1) is 0 Å². The second-order valence-corrected chi connectivity index (χ2v) is 5.05. The lowest BCUT2D eigenvalue weighted by atomic mass is 10.1. The Hall–Kier alpha value is -1.85. The number of carboxylic acid groups (broad SMARTS) is 1. The third kappa shape index (κ3) is 2.84. The number of carboxylic acids is 1. The Labute approximate surface area is 116 Å². The number of furan rings is 1. The van der Waals surface area contributed by atoms with Gasteiger partial charge < -0.3 is 14.3 Å². The molecule has 20 heavy (non-hydrogen) atoms. The van der Waals surface area contributed by atoms with E-state index in [1.54, 1.807) is 0 Å². The molecule has 1 aliphatic heterocycles. The second kappa shape index (κ2) is 5.64. The van der Waals surface area contributed by atoms with Gasteiger partial charge in [-0.15, -0.1) is 0 Å². The predicted molar refractivity (Wildman–Crippen MR) is 73.5 cm³/mol. The summed E-state index contributed by atoms with van der Waals surface area (Å²) in [5, 5.41) is 10.0. The highest BCUT2D eigenvalue weighted by molar-refractivity contribution is 5.77. The van der Waals surface area contributed by atoms with Crippen LogP contribution in [0.2, 0.25) is 0 Å². The summed E-state index contributed by atoms with van der Waals surface area (Å²) in [5.74, 6) is 0.0681. The number of fused-ring (bicyclic) bond motifs is 1. The minimum Gasteiger partial charge on any atom is -0.481 e. The number of nitrogens with zero attached hydrogens (tertiary/aromatic N) is 1. The highest BCUT2D eigenvalue weighted by Crippen LogP contribution is 2.22. The van der Waals surface area contributed by atoms with E-state index in [1.165, 1.54) is 0 Å². The van der Waals surface area contributed by atoms with E-state index in [4.69, 9.17) is 14.3 Å². The molecule has 0 bridgehead atoms. The van der Waals surface area contributed by atoms with E-state index in [-0.39, 0.29) is 12.5 Å². The molecule has 0 radical (unpaired) electrons. The summed E-state index contributed by atoms with van der Waals surface area (Å²) in [5.41, 5.74) is 0.866. The number of hydrogen-bond acceptors (Lipinski definition) is 4.